The van der Waals surface area contributed by atoms with Gasteiger partial charge < -0.3 is 9.32 Å². The fraction of sp³-hybridized carbons (Fsp3) is 0.214. The molecular weight excluding hydrogens is 260 g/mol. The molecule has 0 N–H and O–H groups in total. The van der Waals surface area contributed by atoms with Crippen LogP contribution in [0.25, 0.3) is 0 Å². The Morgan fingerprint density at radius 1 is 1.35 bits per heavy atom. The molecule has 6 nitrogen and oxygen atoms in total. The lowest BCUT2D eigenvalue weighted by atomic mass is 10.1. The summed E-state index contributed by atoms with van der Waals surface area (Å²) >= 11 is 0. The molecule has 1 amide bonds. The van der Waals surface area contributed by atoms with Gasteiger partial charge in [-0.25, -0.2) is 0 Å². The van der Waals surface area contributed by atoms with Crippen LogP contribution in [0.5, 0.6) is 0 Å². The normalized spacial score (nSPS) is 11.9. The number of benzene rings is 1. The number of furan rings is 1. The van der Waals surface area contributed by atoms with Crippen molar-refractivity contribution in [3.8, 4) is 0 Å². The van der Waals surface area contributed by atoms with Crippen LogP contribution in [0.2, 0.25) is 0 Å². The quantitative estimate of drug-likeness (QED) is 0.634. The third kappa shape index (κ3) is 2.69. The van der Waals surface area contributed by atoms with Crippen molar-refractivity contribution in [2.45, 2.75) is 13.0 Å². The summed E-state index contributed by atoms with van der Waals surface area (Å²) in [6.07, 6.45) is 1.43. The Morgan fingerprint density at radius 3 is 2.70 bits per heavy atom. The lowest BCUT2D eigenvalue weighted by molar-refractivity contribution is -0.384. The molecule has 6 heteroatoms. The number of non-ortho nitro benzene ring substituents is 1. The molecule has 1 aromatic carbocycles. The Morgan fingerprint density at radius 2 is 2.10 bits per heavy atom. The number of carbonyl (C=O) groups excluding carboxylic acids is 1. The zero-order chi connectivity index (χ0) is 14.7. The van der Waals surface area contributed by atoms with E-state index in [1.807, 2.05) is 0 Å². The maximum atomic E-state index is 12.1. The third-order valence-electron chi connectivity index (χ3n) is 3.20. The molecule has 0 spiro atoms. The van der Waals surface area contributed by atoms with Crippen molar-refractivity contribution in [2.75, 3.05) is 7.05 Å². The molecule has 1 atom stereocenters. The Labute approximate surface area is 115 Å². The molecule has 104 valence electrons. The van der Waals surface area contributed by atoms with E-state index in [-0.39, 0.29) is 23.4 Å². The van der Waals surface area contributed by atoms with Crippen molar-refractivity contribution in [3.63, 3.8) is 0 Å². The number of amides is 1. The average Bonchev–Trinajstić information content (AvgIpc) is 2.99. The first kappa shape index (κ1) is 13.8. The van der Waals surface area contributed by atoms with Gasteiger partial charge in [0.05, 0.1) is 17.2 Å². The number of nitro benzene ring substituents is 1. The van der Waals surface area contributed by atoms with E-state index < -0.39 is 4.92 Å². The number of carbonyl (C=O) groups is 1. The molecule has 0 aliphatic heterocycles. The van der Waals surface area contributed by atoms with Gasteiger partial charge in [0.25, 0.3) is 11.6 Å². The molecule has 0 saturated carbocycles. The van der Waals surface area contributed by atoms with Crippen molar-refractivity contribution in [2.24, 2.45) is 0 Å². The van der Waals surface area contributed by atoms with E-state index in [4.69, 9.17) is 4.42 Å². The summed E-state index contributed by atoms with van der Waals surface area (Å²) in [6.45, 7) is 1.81. The van der Waals surface area contributed by atoms with Crippen LogP contribution in [0.15, 0.2) is 47.1 Å². The number of hydrogen-bond donors (Lipinski definition) is 0. The standard InChI is InChI=1S/C14H14N2O4/c1-10(11-5-3-6-12(9-11)16(18)19)15(2)14(17)13-7-4-8-20-13/h3-10H,1-2H3. The fourth-order valence-corrected chi connectivity index (χ4v) is 1.87. The van der Waals surface area contributed by atoms with E-state index in [0.717, 1.165) is 0 Å². The average molecular weight is 274 g/mol. The van der Waals surface area contributed by atoms with Crippen molar-refractivity contribution >= 4 is 11.6 Å². The smallest absolute Gasteiger partial charge is 0.289 e. The van der Waals surface area contributed by atoms with Gasteiger partial charge in [0.15, 0.2) is 5.76 Å². The second kappa shape index (κ2) is 5.56. The lowest BCUT2D eigenvalue weighted by Gasteiger charge is -2.24. The molecule has 1 unspecified atom stereocenters. The monoisotopic (exact) mass is 274 g/mol. The highest BCUT2D eigenvalue weighted by molar-refractivity contribution is 5.91. The number of rotatable bonds is 4. The van der Waals surface area contributed by atoms with E-state index in [0.29, 0.717) is 5.56 Å². The van der Waals surface area contributed by atoms with Crippen LogP contribution in [0.3, 0.4) is 0 Å². The van der Waals surface area contributed by atoms with E-state index in [9.17, 15) is 14.9 Å². The molecule has 0 fully saturated rings. The van der Waals surface area contributed by atoms with Crippen LogP contribution in [0.4, 0.5) is 5.69 Å². The second-order valence-electron chi connectivity index (χ2n) is 4.42. The zero-order valence-corrected chi connectivity index (χ0v) is 11.1. The van der Waals surface area contributed by atoms with Gasteiger partial charge in [-0.05, 0) is 24.6 Å². The first-order chi connectivity index (χ1) is 9.50. The van der Waals surface area contributed by atoms with Crippen molar-refractivity contribution < 1.29 is 14.1 Å². The second-order valence-corrected chi connectivity index (χ2v) is 4.42. The molecule has 0 aliphatic rings. The van der Waals surface area contributed by atoms with Crippen LogP contribution < -0.4 is 0 Å². The largest absolute Gasteiger partial charge is 0.459 e. The van der Waals surface area contributed by atoms with Crippen molar-refractivity contribution in [1.29, 1.82) is 0 Å². The van der Waals surface area contributed by atoms with Gasteiger partial charge in [-0.1, -0.05) is 12.1 Å². The predicted octanol–water partition coefficient (Wildman–Crippen LogP) is 3.02. The lowest BCUT2D eigenvalue weighted by Crippen LogP contribution is -2.29. The first-order valence-corrected chi connectivity index (χ1v) is 6.05. The van der Waals surface area contributed by atoms with Gasteiger partial charge in [0.2, 0.25) is 0 Å². The molecule has 1 aromatic heterocycles. The van der Waals surface area contributed by atoms with Crippen LogP contribution in [-0.2, 0) is 0 Å². The Hall–Kier alpha value is -2.63. The number of hydrogen-bond acceptors (Lipinski definition) is 4. The van der Waals surface area contributed by atoms with Gasteiger partial charge in [0, 0.05) is 19.2 Å². The minimum atomic E-state index is -0.454. The number of nitro groups is 1. The highest BCUT2D eigenvalue weighted by Crippen LogP contribution is 2.24. The number of nitrogens with zero attached hydrogens (tertiary/aromatic N) is 2. The summed E-state index contributed by atoms with van der Waals surface area (Å²) in [5.41, 5.74) is 0.704. The Kier molecular flexibility index (Phi) is 3.84. The van der Waals surface area contributed by atoms with E-state index >= 15 is 0 Å². The summed E-state index contributed by atoms with van der Waals surface area (Å²) in [5, 5.41) is 10.8. The maximum absolute atomic E-state index is 12.1. The van der Waals surface area contributed by atoms with Gasteiger partial charge in [-0.15, -0.1) is 0 Å². The molecule has 2 rings (SSSR count). The third-order valence-corrected chi connectivity index (χ3v) is 3.20. The van der Waals surface area contributed by atoms with Gasteiger partial charge >= 0.3 is 0 Å². The minimum Gasteiger partial charge on any atom is -0.459 e. The molecule has 0 radical (unpaired) electrons. The Bertz CT molecular complexity index is 622. The maximum Gasteiger partial charge on any atom is 0.289 e. The summed E-state index contributed by atoms with van der Waals surface area (Å²) < 4.78 is 5.06. The zero-order valence-electron chi connectivity index (χ0n) is 11.1. The molecule has 20 heavy (non-hydrogen) atoms. The molecule has 0 saturated heterocycles. The summed E-state index contributed by atoms with van der Waals surface area (Å²) in [7, 11) is 1.63. The molecule has 2 aromatic rings. The molecule has 0 aliphatic carbocycles. The minimum absolute atomic E-state index is 0.00759. The van der Waals surface area contributed by atoms with E-state index in [1.54, 1.807) is 38.2 Å². The van der Waals surface area contributed by atoms with Gasteiger partial charge in [-0.3, -0.25) is 14.9 Å². The van der Waals surface area contributed by atoms with Crippen LogP contribution in [0.1, 0.15) is 29.1 Å². The molecular formula is C14H14N2O4. The molecule has 1 heterocycles. The topological polar surface area (TPSA) is 76.6 Å². The van der Waals surface area contributed by atoms with Crippen LogP contribution in [0, 0.1) is 10.1 Å². The Balaban J connectivity index is 2.22. The van der Waals surface area contributed by atoms with Gasteiger partial charge in [0.1, 0.15) is 0 Å². The highest BCUT2D eigenvalue weighted by Gasteiger charge is 2.21. The van der Waals surface area contributed by atoms with Crippen molar-refractivity contribution in [3.05, 3.63) is 64.1 Å². The van der Waals surface area contributed by atoms with Gasteiger partial charge in [-0.2, -0.15) is 0 Å². The van der Waals surface area contributed by atoms with E-state index in [1.165, 1.54) is 23.3 Å². The SMILES string of the molecule is CC(c1cccc([N+](=O)[O-])c1)N(C)C(=O)c1ccco1. The van der Waals surface area contributed by atoms with E-state index in [2.05, 4.69) is 0 Å². The highest BCUT2D eigenvalue weighted by atomic mass is 16.6. The molecule has 0 bridgehead atoms. The predicted molar refractivity (Wildman–Crippen MR) is 72.3 cm³/mol. The van der Waals surface area contributed by atoms with Crippen LogP contribution in [-0.4, -0.2) is 22.8 Å². The van der Waals surface area contributed by atoms with Crippen molar-refractivity contribution in [1.82, 2.24) is 4.90 Å². The fourth-order valence-electron chi connectivity index (χ4n) is 1.87. The summed E-state index contributed by atoms with van der Waals surface area (Å²) in [6, 6.07) is 9.17. The van der Waals surface area contributed by atoms with Crippen LogP contribution >= 0.6 is 0 Å². The first-order valence-electron chi connectivity index (χ1n) is 6.05. The summed E-state index contributed by atoms with van der Waals surface area (Å²) in [4.78, 5) is 23.9. The summed E-state index contributed by atoms with van der Waals surface area (Å²) in [5.74, 6) is -0.0289.